The number of carbonyl (C=O) groups excluding carboxylic acids is 1. The molecule has 0 saturated carbocycles. The van der Waals surface area contributed by atoms with Crippen LogP contribution in [0.1, 0.15) is 12.8 Å². The molecule has 4 heteroatoms. The predicted octanol–water partition coefficient (Wildman–Crippen LogP) is 3.27. The summed E-state index contributed by atoms with van der Waals surface area (Å²) >= 11 is 0. The van der Waals surface area contributed by atoms with Gasteiger partial charge >= 0.3 is 6.03 Å². The summed E-state index contributed by atoms with van der Waals surface area (Å²) < 4.78 is 0. The van der Waals surface area contributed by atoms with E-state index < -0.39 is 0 Å². The first-order valence-electron chi connectivity index (χ1n) is 7.21. The maximum atomic E-state index is 12.5. The van der Waals surface area contributed by atoms with Crippen LogP contribution in [0.15, 0.2) is 60.7 Å². The Hall–Kier alpha value is -2.33. The highest BCUT2D eigenvalue weighted by atomic mass is 16.2. The Morgan fingerprint density at radius 1 is 0.905 bits per heavy atom. The molecule has 0 heterocycles. The Kier molecular flexibility index (Phi) is 5.79. The number of nitrogens with zero attached hydrogens (tertiary/aromatic N) is 1. The van der Waals surface area contributed by atoms with Crippen molar-refractivity contribution in [2.45, 2.75) is 12.8 Å². The summed E-state index contributed by atoms with van der Waals surface area (Å²) in [6.07, 6.45) is 1.80. The van der Waals surface area contributed by atoms with E-state index in [1.807, 2.05) is 60.7 Å². The Morgan fingerprint density at radius 2 is 1.43 bits per heavy atom. The van der Waals surface area contributed by atoms with Crippen LogP contribution in [-0.4, -0.2) is 19.1 Å². The van der Waals surface area contributed by atoms with Crippen molar-refractivity contribution in [3.05, 3.63) is 60.7 Å². The molecule has 2 aromatic carbocycles. The third kappa shape index (κ3) is 4.33. The molecule has 0 radical (unpaired) electrons. The van der Waals surface area contributed by atoms with Gasteiger partial charge < -0.3 is 11.1 Å². The Bertz CT molecular complexity index is 503. The predicted molar refractivity (Wildman–Crippen MR) is 86.7 cm³/mol. The number of benzene rings is 2. The van der Waals surface area contributed by atoms with Gasteiger partial charge in [0.25, 0.3) is 0 Å². The monoisotopic (exact) mass is 283 g/mol. The molecule has 0 aliphatic rings. The molecule has 0 saturated heterocycles. The summed E-state index contributed by atoms with van der Waals surface area (Å²) in [5.74, 6) is 0. The quantitative estimate of drug-likeness (QED) is 0.799. The number of amides is 2. The third-order valence-electron chi connectivity index (χ3n) is 3.14. The molecule has 0 spiro atoms. The highest BCUT2D eigenvalue weighted by molar-refractivity contribution is 5.99. The number of unbranched alkanes of at least 4 members (excludes halogenated alkanes) is 1. The van der Waals surface area contributed by atoms with Gasteiger partial charge in [0.05, 0.1) is 11.4 Å². The molecular weight excluding hydrogens is 262 g/mol. The van der Waals surface area contributed by atoms with Gasteiger partial charge in [-0.15, -0.1) is 0 Å². The SMILES string of the molecule is NCCCCNC(=O)N(c1ccccc1)c1ccccc1. The second kappa shape index (κ2) is 8.07. The molecule has 0 fully saturated rings. The van der Waals surface area contributed by atoms with Crippen molar-refractivity contribution >= 4 is 17.4 Å². The minimum absolute atomic E-state index is 0.121. The fourth-order valence-corrected chi connectivity index (χ4v) is 2.08. The van der Waals surface area contributed by atoms with Crippen LogP contribution in [0.4, 0.5) is 16.2 Å². The van der Waals surface area contributed by atoms with E-state index in [0.29, 0.717) is 13.1 Å². The highest BCUT2D eigenvalue weighted by Gasteiger charge is 2.16. The largest absolute Gasteiger partial charge is 0.337 e. The van der Waals surface area contributed by atoms with E-state index in [-0.39, 0.29) is 6.03 Å². The van der Waals surface area contributed by atoms with E-state index in [0.717, 1.165) is 24.2 Å². The zero-order valence-electron chi connectivity index (χ0n) is 12.0. The van der Waals surface area contributed by atoms with Crippen molar-refractivity contribution < 1.29 is 4.79 Å². The number of nitrogens with two attached hydrogens (primary N) is 1. The molecule has 3 N–H and O–H groups in total. The van der Waals surface area contributed by atoms with Crippen molar-refractivity contribution in [3.8, 4) is 0 Å². The van der Waals surface area contributed by atoms with E-state index in [2.05, 4.69) is 5.32 Å². The lowest BCUT2D eigenvalue weighted by atomic mass is 10.2. The molecule has 0 unspecified atom stereocenters. The molecule has 21 heavy (non-hydrogen) atoms. The minimum atomic E-state index is -0.121. The average Bonchev–Trinajstić information content (AvgIpc) is 2.54. The first-order chi connectivity index (χ1) is 10.3. The molecule has 2 rings (SSSR count). The van der Waals surface area contributed by atoms with Crippen LogP contribution >= 0.6 is 0 Å². The molecule has 2 aromatic rings. The average molecular weight is 283 g/mol. The van der Waals surface area contributed by atoms with Gasteiger partial charge in [-0.25, -0.2) is 4.79 Å². The van der Waals surface area contributed by atoms with Crippen LogP contribution in [0.2, 0.25) is 0 Å². The smallest absolute Gasteiger partial charge is 0.326 e. The molecule has 110 valence electrons. The summed E-state index contributed by atoms with van der Waals surface area (Å²) in [6, 6.07) is 19.1. The van der Waals surface area contributed by atoms with E-state index in [4.69, 9.17) is 5.73 Å². The van der Waals surface area contributed by atoms with Gasteiger partial charge in [0.1, 0.15) is 0 Å². The number of anilines is 2. The van der Waals surface area contributed by atoms with Crippen LogP contribution in [0.25, 0.3) is 0 Å². The lowest BCUT2D eigenvalue weighted by molar-refractivity contribution is 0.248. The van der Waals surface area contributed by atoms with Gasteiger partial charge in [-0.2, -0.15) is 0 Å². The van der Waals surface area contributed by atoms with Crippen molar-refractivity contribution in [3.63, 3.8) is 0 Å². The third-order valence-corrected chi connectivity index (χ3v) is 3.14. The fraction of sp³-hybridized carbons (Fsp3) is 0.235. The summed E-state index contributed by atoms with van der Waals surface area (Å²) in [4.78, 5) is 14.2. The van der Waals surface area contributed by atoms with Crippen molar-refractivity contribution in [2.24, 2.45) is 5.73 Å². The fourth-order valence-electron chi connectivity index (χ4n) is 2.08. The van der Waals surface area contributed by atoms with Gasteiger partial charge in [-0.1, -0.05) is 36.4 Å². The number of carbonyl (C=O) groups is 1. The van der Waals surface area contributed by atoms with E-state index in [1.54, 1.807) is 4.90 Å². The maximum absolute atomic E-state index is 12.5. The van der Waals surface area contributed by atoms with Crippen molar-refractivity contribution in [2.75, 3.05) is 18.0 Å². The Morgan fingerprint density at radius 3 is 1.90 bits per heavy atom. The van der Waals surface area contributed by atoms with Gasteiger partial charge in [-0.05, 0) is 43.7 Å². The molecule has 0 bridgehead atoms. The van der Waals surface area contributed by atoms with E-state index in [1.165, 1.54) is 0 Å². The maximum Gasteiger partial charge on any atom is 0.326 e. The number of rotatable bonds is 6. The first-order valence-corrected chi connectivity index (χ1v) is 7.21. The highest BCUT2D eigenvalue weighted by Crippen LogP contribution is 2.24. The number of hydrogen-bond donors (Lipinski definition) is 2. The number of nitrogens with one attached hydrogen (secondary N) is 1. The van der Waals surface area contributed by atoms with Crippen LogP contribution in [0, 0.1) is 0 Å². The second-order valence-electron chi connectivity index (χ2n) is 4.73. The zero-order valence-corrected chi connectivity index (χ0v) is 12.0. The van der Waals surface area contributed by atoms with E-state index in [9.17, 15) is 4.79 Å². The molecule has 0 aromatic heterocycles. The molecule has 2 amide bonds. The van der Waals surface area contributed by atoms with Gasteiger partial charge in [0.15, 0.2) is 0 Å². The van der Waals surface area contributed by atoms with Gasteiger partial charge in [-0.3, -0.25) is 4.90 Å². The van der Waals surface area contributed by atoms with Gasteiger partial charge in [0, 0.05) is 6.54 Å². The second-order valence-corrected chi connectivity index (χ2v) is 4.73. The van der Waals surface area contributed by atoms with Crippen molar-refractivity contribution in [1.29, 1.82) is 0 Å². The Labute approximate surface area is 125 Å². The summed E-state index contributed by atoms with van der Waals surface area (Å²) in [5, 5.41) is 2.95. The molecular formula is C17H21N3O. The number of hydrogen-bond acceptors (Lipinski definition) is 2. The lowest BCUT2D eigenvalue weighted by Crippen LogP contribution is -2.37. The minimum Gasteiger partial charge on any atom is -0.337 e. The number of urea groups is 1. The lowest BCUT2D eigenvalue weighted by Gasteiger charge is -2.23. The standard InChI is InChI=1S/C17H21N3O/c18-13-7-8-14-19-17(21)20(15-9-3-1-4-10-15)16-11-5-2-6-12-16/h1-6,9-12H,7-8,13-14,18H2,(H,19,21). The molecule has 4 nitrogen and oxygen atoms in total. The summed E-state index contributed by atoms with van der Waals surface area (Å²) in [6.45, 7) is 1.28. The summed E-state index contributed by atoms with van der Waals surface area (Å²) in [7, 11) is 0. The van der Waals surface area contributed by atoms with E-state index >= 15 is 0 Å². The van der Waals surface area contributed by atoms with Crippen LogP contribution in [-0.2, 0) is 0 Å². The summed E-state index contributed by atoms with van der Waals surface area (Å²) in [5.41, 5.74) is 7.16. The first kappa shape index (κ1) is 15.1. The van der Waals surface area contributed by atoms with Crippen LogP contribution in [0.5, 0.6) is 0 Å². The zero-order chi connectivity index (χ0) is 14.9. The van der Waals surface area contributed by atoms with Crippen LogP contribution in [0.3, 0.4) is 0 Å². The molecule has 0 aliphatic carbocycles. The van der Waals surface area contributed by atoms with Crippen LogP contribution < -0.4 is 16.0 Å². The van der Waals surface area contributed by atoms with Gasteiger partial charge in [0.2, 0.25) is 0 Å². The normalized spacial score (nSPS) is 10.1. The topological polar surface area (TPSA) is 58.4 Å². The van der Waals surface area contributed by atoms with Crippen molar-refractivity contribution in [1.82, 2.24) is 5.32 Å². The molecule has 0 atom stereocenters. The molecule has 0 aliphatic heterocycles. The Balaban J connectivity index is 2.15. The number of para-hydroxylation sites is 2.